The molecule has 0 radical (unpaired) electrons. The summed E-state index contributed by atoms with van der Waals surface area (Å²) < 4.78 is 11.9. The smallest absolute Gasteiger partial charge is 0.122 e. The van der Waals surface area contributed by atoms with E-state index in [9.17, 15) is 0 Å². The van der Waals surface area contributed by atoms with Crippen molar-refractivity contribution in [2.75, 3.05) is 26.2 Å². The molecule has 1 saturated carbocycles. The van der Waals surface area contributed by atoms with Crippen molar-refractivity contribution in [1.82, 2.24) is 4.90 Å². The van der Waals surface area contributed by atoms with E-state index in [4.69, 9.17) is 14.9 Å². The third-order valence-corrected chi connectivity index (χ3v) is 4.57. The van der Waals surface area contributed by atoms with Gasteiger partial charge in [0.05, 0.1) is 18.2 Å². The lowest BCUT2D eigenvalue weighted by atomic mass is 10.0. The third kappa shape index (κ3) is 2.78. The molecule has 1 saturated heterocycles. The molecule has 1 aromatic heterocycles. The number of ether oxygens (including phenoxy) is 1. The molecule has 2 heterocycles. The maximum atomic E-state index is 6.09. The van der Waals surface area contributed by atoms with Crippen LogP contribution < -0.4 is 5.73 Å². The van der Waals surface area contributed by atoms with Gasteiger partial charge in [0.2, 0.25) is 0 Å². The Kier molecular flexibility index (Phi) is 3.65. The number of furan rings is 1. The Balaban J connectivity index is 1.74. The van der Waals surface area contributed by atoms with E-state index in [-0.39, 0.29) is 11.6 Å². The Morgan fingerprint density at radius 3 is 2.80 bits per heavy atom. The second kappa shape index (κ2) is 5.17. The van der Waals surface area contributed by atoms with Gasteiger partial charge in [0.1, 0.15) is 11.5 Å². The van der Waals surface area contributed by atoms with Crippen LogP contribution in [0.4, 0.5) is 0 Å². The minimum Gasteiger partial charge on any atom is -0.464 e. The number of nitrogens with two attached hydrogens (primary N) is 1. The molecule has 1 aliphatic carbocycles. The molecule has 112 valence electrons. The monoisotopic (exact) mass is 278 g/mol. The molecule has 3 rings (SSSR count). The molecule has 0 bridgehead atoms. The number of hydrogen-bond acceptors (Lipinski definition) is 4. The molecule has 20 heavy (non-hydrogen) atoms. The lowest BCUT2D eigenvalue weighted by Gasteiger charge is -2.41. The van der Waals surface area contributed by atoms with Gasteiger partial charge < -0.3 is 14.9 Å². The summed E-state index contributed by atoms with van der Waals surface area (Å²) in [5, 5.41) is 0. The molecule has 3 unspecified atom stereocenters. The van der Waals surface area contributed by atoms with Gasteiger partial charge in [-0.3, -0.25) is 4.90 Å². The molecule has 0 aromatic carbocycles. The summed E-state index contributed by atoms with van der Waals surface area (Å²) in [4.78, 5) is 2.39. The summed E-state index contributed by atoms with van der Waals surface area (Å²) in [6.07, 6.45) is 1.25. The fourth-order valence-corrected chi connectivity index (χ4v) is 3.23. The van der Waals surface area contributed by atoms with Crippen molar-refractivity contribution in [3.8, 4) is 0 Å². The predicted molar refractivity (Wildman–Crippen MR) is 78.6 cm³/mol. The van der Waals surface area contributed by atoms with E-state index in [2.05, 4.69) is 37.8 Å². The average molecular weight is 278 g/mol. The van der Waals surface area contributed by atoms with E-state index in [0.717, 1.165) is 37.1 Å². The first kappa shape index (κ1) is 14.1. The van der Waals surface area contributed by atoms with Crippen LogP contribution in [0, 0.1) is 5.92 Å². The van der Waals surface area contributed by atoms with Gasteiger partial charge in [0.15, 0.2) is 0 Å². The van der Waals surface area contributed by atoms with Crippen molar-refractivity contribution in [3.05, 3.63) is 23.7 Å². The van der Waals surface area contributed by atoms with E-state index < -0.39 is 0 Å². The number of rotatable bonds is 4. The molecule has 1 aromatic rings. The Morgan fingerprint density at radius 2 is 2.20 bits per heavy atom. The van der Waals surface area contributed by atoms with Crippen LogP contribution in [-0.2, 0) is 4.74 Å². The van der Waals surface area contributed by atoms with E-state index in [1.165, 1.54) is 6.42 Å². The molecule has 4 heteroatoms. The van der Waals surface area contributed by atoms with Crippen LogP contribution in [0.3, 0.4) is 0 Å². The molecule has 2 N–H and O–H groups in total. The van der Waals surface area contributed by atoms with Crippen LogP contribution in [0.5, 0.6) is 0 Å². The SMILES string of the molecule is CC1CC1c1ccc(C(CN)N2CCOC(C)(C)C2)o1. The van der Waals surface area contributed by atoms with E-state index >= 15 is 0 Å². The molecule has 2 fully saturated rings. The van der Waals surface area contributed by atoms with Gasteiger partial charge in [-0.05, 0) is 38.3 Å². The van der Waals surface area contributed by atoms with Crippen molar-refractivity contribution >= 4 is 0 Å². The Hall–Kier alpha value is -0.840. The summed E-state index contributed by atoms with van der Waals surface area (Å²) in [6.45, 7) is 9.70. The zero-order valence-corrected chi connectivity index (χ0v) is 12.8. The van der Waals surface area contributed by atoms with Crippen LogP contribution in [0.25, 0.3) is 0 Å². The van der Waals surface area contributed by atoms with Crippen LogP contribution in [0.2, 0.25) is 0 Å². The Labute approximate surface area is 121 Å². The minimum absolute atomic E-state index is 0.105. The highest BCUT2D eigenvalue weighted by atomic mass is 16.5. The van der Waals surface area contributed by atoms with Gasteiger partial charge in [-0.2, -0.15) is 0 Å². The summed E-state index contributed by atoms with van der Waals surface area (Å²) in [7, 11) is 0. The summed E-state index contributed by atoms with van der Waals surface area (Å²) in [5.74, 6) is 3.55. The molecule has 2 aliphatic rings. The largest absolute Gasteiger partial charge is 0.464 e. The highest BCUT2D eigenvalue weighted by Crippen LogP contribution is 2.47. The van der Waals surface area contributed by atoms with Gasteiger partial charge in [-0.1, -0.05) is 6.92 Å². The standard InChI is InChI=1S/C16H26N2O2/c1-11-8-12(11)14-4-5-15(20-14)13(9-17)18-6-7-19-16(2,3)10-18/h4-5,11-13H,6-10,17H2,1-3H3. The average Bonchev–Trinajstić information content (AvgIpc) is 2.92. The third-order valence-electron chi connectivity index (χ3n) is 4.57. The lowest BCUT2D eigenvalue weighted by Crippen LogP contribution is -2.50. The highest BCUT2D eigenvalue weighted by Gasteiger charge is 2.38. The zero-order valence-electron chi connectivity index (χ0n) is 12.8. The quantitative estimate of drug-likeness (QED) is 0.919. The van der Waals surface area contributed by atoms with Crippen molar-refractivity contribution in [2.24, 2.45) is 11.7 Å². The lowest BCUT2D eigenvalue weighted by molar-refractivity contribution is -0.0985. The summed E-state index contributed by atoms with van der Waals surface area (Å²) >= 11 is 0. The van der Waals surface area contributed by atoms with Crippen molar-refractivity contribution in [2.45, 2.75) is 44.8 Å². The van der Waals surface area contributed by atoms with E-state index in [1.807, 2.05) is 0 Å². The molecule has 4 nitrogen and oxygen atoms in total. The predicted octanol–water partition coefficient (Wildman–Crippen LogP) is 2.51. The molecule has 1 aliphatic heterocycles. The van der Waals surface area contributed by atoms with Crippen molar-refractivity contribution < 1.29 is 9.15 Å². The Morgan fingerprint density at radius 1 is 1.45 bits per heavy atom. The number of nitrogens with zero attached hydrogens (tertiary/aromatic N) is 1. The second-order valence-corrected chi connectivity index (χ2v) is 6.89. The summed E-state index contributed by atoms with van der Waals surface area (Å²) in [5.41, 5.74) is 5.90. The zero-order chi connectivity index (χ0) is 14.3. The van der Waals surface area contributed by atoms with Gasteiger partial charge in [-0.15, -0.1) is 0 Å². The van der Waals surface area contributed by atoms with Gasteiger partial charge in [0, 0.05) is 25.6 Å². The van der Waals surface area contributed by atoms with E-state index in [0.29, 0.717) is 12.5 Å². The van der Waals surface area contributed by atoms with Crippen LogP contribution in [0.15, 0.2) is 16.5 Å². The van der Waals surface area contributed by atoms with Gasteiger partial charge in [-0.25, -0.2) is 0 Å². The van der Waals surface area contributed by atoms with Crippen LogP contribution >= 0.6 is 0 Å². The Bertz CT molecular complexity index is 469. The highest BCUT2D eigenvalue weighted by molar-refractivity contribution is 5.19. The first-order valence-electron chi connectivity index (χ1n) is 7.68. The topological polar surface area (TPSA) is 51.6 Å². The fourth-order valence-electron chi connectivity index (χ4n) is 3.23. The van der Waals surface area contributed by atoms with Crippen molar-refractivity contribution in [1.29, 1.82) is 0 Å². The number of morpholine rings is 1. The van der Waals surface area contributed by atoms with Crippen LogP contribution in [0.1, 0.15) is 50.7 Å². The molecular formula is C16H26N2O2. The fraction of sp³-hybridized carbons (Fsp3) is 0.750. The molecule has 3 atom stereocenters. The molecule has 0 amide bonds. The van der Waals surface area contributed by atoms with Gasteiger partial charge >= 0.3 is 0 Å². The summed E-state index contributed by atoms with van der Waals surface area (Å²) in [6, 6.07) is 4.42. The second-order valence-electron chi connectivity index (χ2n) is 6.89. The van der Waals surface area contributed by atoms with Crippen LogP contribution in [-0.4, -0.2) is 36.7 Å². The minimum atomic E-state index is -0.105. The maximum Gasteiger partial charge on any atom is 0.122 e. The van der Waals surface area contributed by atoms with E-state index in [1.54, 1.807) is 0 Å². The molecular weight excluding hydrogens is 252 g/mol. The maximum absolute atomic E-state index is 6.09. The van der Waals surface area contributed by atoms with Gasteiger partial charge in [0.25, 0.3) is 0 Å². The first-order chi connectivity index (χ1) is 9.50. The first-order valence-corrected chi connectivity index (χ1v) is 7.68. The number of hydrogen-bond donors (Lipinski definition) is 1. The molecule has 0 spiro atoms. The normalized spacial score (nSPS) is 31.2. The van der Waals surface area contributed by atoms with Crippen molar-refractivity contribution in [3.63, 3.8) is 0 Å².